The van der Waals surface area contributed by atoms with Gasteiger partial charge >= 0.3 is 0 Å². The van der Waals surface area contributed by atoms with Crippen molar-refractivity contribution >= 4 is 22.4 Å². The van der Waals surface area contributed by atoms with Crippen LogP contribution in [-0.4, -0.2) is 32.6 Å². The van der Waals surface area contributed by atoms with Gasteiger partial charge in [-0.2, -0.15) is 0 Å². The molecule has 2 N–H and O–H groups in total. The van der Waals surface area contributed by atoms with Gasteiger partial charge in [-0.25, -0.2) is 9.97 Å². The maximum absolute atomic E-state index is 11.9. The van der Waals surface area contributed by atoms with Crippen LogP contribution in [0.25, 0.3) is 0 Å². The summed E-state index contributed by atoms with van der Waals surface area (Å²) in [6, 6.07) is 0. The highest BCUT2D eigenvalue weighted by Gasteiger charge is 2.10. The van der Waals surface area contributed by atoms with Gasteiger partial charge in [0.05, 0.1) is 29.6 Å². The Bertz CT molecular complexity index is 655. The molecule has 2 heterocycles. The van der Waals surface area contributed by atoms with E-state index in [4.69, 9.17) is 5.11 Å². The number of nitrogens with one attached hydrogen (secondary N) is 1. The second kappa shape index (κ2) is 6.75. The van der Waals surface area contributed by atoms with Gasteiger partial charge < -0.3 is 5.11 Å². The molecule has 0 radical (unpaired) electrons. The smallest absolute Gasteiger partial charge is 0.277 e. The first kappa shape index (κ1) is 14.1. The van der Waals surface area contributed by atoms with Crippen LogP contribution < -0.4 is 5.32 Å². The fraction of sp³-hybridized carbons (Fsp3) is 0.231. The summed E-state index contributed by atoms with van der Waals surface area (Å²) in [5.41, 5.74) is 0.982. The number of hydrogen-bond acceptors (Lipinski definition) is 6. The summed E-state index contributed by atoms with van der Waals surface area (Å²) in [4.78, 5) is 24.7. The van der Waals surface area contributed by atoms with Crippen molar-refractivity contribution in [3.8, 4) is 11.8 Å². The van der Waals surface area contributed by atoms with E-state index >= 15 is 0 Å². The largest absolute Gasteiger partial charge is 0.395 e. The molecule has 2 aromatic heterocycles. The summed E-state index contributed by atoms with van der Waals surface area (Å²) in [5, 5.41) is 11.7. The van der Waals surface area contributed by atoms with Crippen LogP contribution in [-0.2, 0) is 0 Å². The van der Waals surface area contributed by atoms with Crippen LogP contribution in [0.2, 0.25) is 0 Å². The lowest BCUT2D eigenvalue weighted by Crippen LogP contribution is -2.13. The summed E-state index contributed by atoms with van der Waals surface area (Å²) in [6.45, 7) is 1.83. The number of carbonyl (C=O) groups excluding carboxylic acids is 1. The molecule has 0 bridgehead atoms. The standard InChI is InChI=1S/C13H12N4O2S/c1-9-6-15-11(8-14-9)12(19)17-13-16-7-10(20-13)4-2-3-5-18/h6-8,18H,3,5H2,1H3,(H,16,17,19). The zero-order chi connectivity index (χ0) is 14.4. The fourth-order valence-electron chi connectivity index (χ4n) is 1.27. The summed E-state index contributed by atoms with van der Waals surface area (Å²) >= 11 is 1.26. The lowest BCUT2D eigenvalue weighted by Gasteiger charge is -2.00. The Balaban J connectivity index is 2.02. The number of thiazole rings is 1. The van der Waals surface area contributed by atoms with E-state index in [0.29, 0.717) is 11.6 Å². The Morgan fingerprint density at radius 3 is 2.90 bits per heavy atom. The van der Waals surface area contributed by atoms with Gasteiger partial charge in [0, 0.05) is 12.6 Å². The highest BCUT2D eigenvalue weighted by atomic mass is 32.1. The number of nitrogens with zero attached hydrogens (tertiary/aromatic N) is 3. The van der Waals surface area contributed by atoms with Crippen molar-refractivity contribution in [3.63, 3.8) is 0 Å². The monoisotopic (exact) mass is 288 g/mol. The molecular formula is C13H12N4O2S. The number of aliphatic hydroxyl groups is 1. The van der Waals surface area contributed by atoms with E-state index < -0.39 is 0 Å². The van der Waals surface area contributed by atoms with Gasteiger partial charge in [0.1, 0.15) is 5.69 Å². The van der Waals surface area contributed by atoms with Crippen molar-refractivity contribution in [2.45, 2.75) is 13.3 Å². The third-order valence-electron chi connectivity index (χ3n) is 2.19. The van der Waals surface area contributed by atoms with Crippen LogP contribution >= 0.6 is 11.3 Å². The topological polar surface area (TPSA) is 88.0 Å². The molecule has 0 unspecified atom stereocenters. The molecule has 0 aliphatic rings. The number of amides is 1. The van der Waals surface area contributed by atoms with Crippen molar-refractivity contribution in [1.82, 2.24) is 15.0 Å². The molecule has 2 rings (SSSR count). The lowest BCUT2D eigenvalue weighted by atomic mass is 10.4. The molecule has 0 spiro atoms. The molecule has 0 saturated heterocycles. The quantitative estimate of drug-likeness (QED) is 0.829. The van der Waals surface area contributed by atoms with E-state index in [1.165, 1.54) is 23.7 Å². The zero-order valence-electron chi connectivity index (χ0n) is 10.8. The molecule has 2 aromatic rings. The molecule has 0 aliphatic carbocycles. The first-order valence-corrected chi connectivity index (χ1v) is 6.66. The molecule has 0 atom stereocenters. The predicted octanol–water partition coefficient (Wildman–Crippen LogP) is 1.23. The maximum atomic E-state index is 11.9. The van der Waals surface area contributed by atoms with Gasteiger partial charge in [-0.3, -0.25) is 15.1 Å². The van der Waals surface area contributed by atoms with Crippen molar-refractivity contribution < 1.29 is 9.90 Å². The summed E-state index contributed by atoms with van der Waals surface area (Å²) in [7, 11) is 0. The van der Waals surface area contributed by atoms with E-state index in [1.807, 2.05) is 0 Å². The Kier molecular flexibility index (Phi) is 4.76. The Morgan fingerprint density at radius 1 is 1.35 bits per heavy atom. The van der Waals surface area contributed by atoms with Gasteiger partial charge in [-0.05, 0) is 6.92 Å². The van der Waals surface area contributed by atoms with E-state index in [9.17, 15) is 4.79 Å². The van der Waals surface area contributed by atoms with Gasteiger partial charge in [0.25, 0.3) is 5.91 Å². The minimum atomic E-state index is -0.360. The first-order chi connectivity index (χ1) is 9.69. The first-order valence-electron chi connectivity index (χ1n) is 5.84. The summed E-state index contributed by atoms with van der Waals surface area (Å²) in [5.74, 6) is 5.28. The fourth-order valence-corrected chi connectivity index (χ4v) is 1.95. The average Bonchev–Trinajstić information content (AvgIpc) is 2.87. The van der Waals surface area contributed by atoms with Crippen LogP contribution in [0.1, 0.15) is 27.5 Å². The summed E-state index contributed by atoms with van der Waals surface area (Å²) in [6.07, 6.45) is 4.94. The van der Waals surface area contributed by atoms with E-state index in [0.717, 1.165) is 10.6 Å². The van der Waals surface area contributed by atoms with E-state index in [1.54, 1.807) is 13.1 Å². The van der Waals surface area contributed by atoms with Crippen LogP contribution in [0.4, 0.5) is 5.13 Å². The lowest BCUT2D eigenvalue weighted by molar-refractivity contribution is 0.102. The number of aliphatic hydroxyl groups excluding tert-OH is 1. The predicted molar refractivity (Wildman–Crippen MR) is 75.4 cm³/mol. The minimum Gasteiger partial charge on any atom is -0.395 e. The van der Waals surface area contributed by atoms with Crippen molar-refractivity contribution in [3.05, 3.63) is 34.9 Å². The second-order valence-corrected chi connectivity index (χ2v) is 4.83. The number of anilines is 1. The Hall–Kier alpha value is -2.30. The van der Waals surface area contributed by atoms with Gasteiger partial charge in [-0.1, -0.05) is 23.2 Å². The number of aromatic nitrogens is 3. The number of hydrogen-bond donors (Lipinski definition) is 2. The average molecular weight is 288 g/mol. The number of carbonyl (C=O) groups is 1. The SMILES string of the molecule is Cc1cnc(C(=O)Nc2ncc(C#CCCO)s2)cn1. The molecule has 102 valence electrons. The zero-order valence-corrected chi connectivity index (χ0v) is 11.6. The molecule has 6 nitrogen and oxygen atoms in total. The molecular weight excluding hydrogens is 276 g/mol. The molecule has 0 fully saturated rings. The summed E-state index contributed by atoms with van der Waals surface area (Å²) < 4.78 is 0. The molecule has 0 aromatic carbocycles. The Labute approximate surface area is 119 Å². The molecule has 0 saturated carbocycles. The van der Waals surface area contributed by atoms with Crippen molar-refractivity contribution in [1.29, 1.82) is 0 Å². The molecule has 1 amide bonds. The molecule has 7 heteroatoms. The normalized spacial score (nSPS) is 9.70. The maximum Gasteiger partial charge on any atom is 0.277 e. The van der Waals surface area contributed by atoms with Crippen molar-refractivity contribution in [2.75, 3.05) is 11.9 Å². The number of aryl methyl sites for hydroxylation is 1. The van der Waals surface area contributed by atoms with Gasteiger partial charge in [0.15, 0.2) is 5.13 Å². The highest BCUT2D eigenvalue weighted by Crippen LogP contribution is 2.17. The van der Waals surface area contributed by atoms with Crippen LogP contribution in [0.15, 0.2) is 18.6 Å². The van der Waals surface area contributed by atoms with E-state index in [-0.39, 0.29) is 18.2 Å². The molecule has 0 aliphatic heterocycles. The number of rotatable bonds is 3. The van der Waals surface area contributed by atoms with Gasteiger partial charge in [-0.15, -0.1) is 0 Å². The van der Waals surface area contributed by atoms with Crippen LogP contribution in [0.3, 0.4) is 0 Å². The van der Waals surface area contributed by atoms with E-state index in [2.05, 4.69) is 32.1 Å². The van der Waals surface area contributed by atoms with Crippen LogP contribution in [0, 0.1) is 18.8 Å². The third kappa shape index (κ3) is 3.85. The second-order valence-electron chi connectivity index (χ2n) is 3.80. The minimum absolute atomic E-state index is 0.0293. The van der Waals surface area contributed by atoms with Crippen molar-refractivity contribution in [2.24, 2.45) is 0 Å². The van der Waals surface area contributed by atoms with Crippen LogP contribution in [0.5, 0.6) is 0 Å². The third-order valence-corrected chi connectivity index (χ3v) is 3.02. The molecule has 20 heavy (non-hydrogen) atoms. The Morgan fingerprint density at radius 2 is 2.20 bits per heavy atom. The highest BCUT2D eigenvalue weighted by molar-refractivity contribution is 7.16. The van der Waals surface area contributed by atoms with Gasteiger partial charge in [0.2, 0.25) is 0 Å².